The molecule has 4 aromatic rings. The van der Waals surface area contributed by atoms with Crippen molar-refractivity contribution in [3.8, 4) is 0 Å². The third-order valence-electron chi connectivity index (χ3n) is 7.25. The second kappa shape index (κ2) is 5.60. The lowest BCUT2D eigenvalue weighted by atomic mass is 9.78. The molecule has 0 spiro atoms. The molecule has 3 aromatic carbocycles. The van der Waals surface area contributed by atoms with E-state index >= 15 is 0 Å². The topological polar surface area (TPSA) is 44.2 Å². The zero-order valence-corrected chi connectivity index (χ0v) is 17.1. The highest BCUT2D eigenvalue weighted by Gasteiger charge is 2.56. The minimum absolute atomic E-state index is 0.0616. The fourth-order valence-electron chi connectivity index (χ4n) is 5.85. The van der Waals surface area contributed by atoms with Gasteiger partial charge in [0.25, 0.3) is 0 Å². The van der Waals surface area contributed by atoms with Crippen molar-refractivity contribution < 1.29 is 9.47 Å². The van der Waals surface area contributed by atoms with Crippen LogP contribution >= 0.6 is 0 Å². The van der Waals surface area contributed by atoms with Crippen molar-refractivity contribution in [2.75, 3.05) is 0 Å². The van der Waals surface area contributed by atoms with Crippen molar-refractivity contribution in [1.82, 2.24) is 9.97 Å². The SMILES string of the molecule is C1=C[C@]2(c3nc4ccccc4nc3[C@]34C=C[C@@H](O3)c3ccccc34)O[C@@H]1c1ccccc12. The molecule has 4 bridgehead atoms. The molecule has 0 aliphatic carbocycles. The quantitative estimate of drug-likeness (QED) is 0.412. The van der Waals surface area contributed by atoms with Gasteiger partial charge in [-0.05, 0) is 35.4 Å². The van der Waals surface area contributed by atoms with Crippen molar-refractivity contribution in [3.05, 3.63) is 131 Å². The van der Waals surface area contributed by atoms with Crippen LogP contribution in [0.15, 0.2) is 97.1 Å². The molecule has 4 atom stereocenters. The van der Waals surface area contributed by atoms with E-state index in [9.17, 15) is 0 Å². The highest BCUT2D eigenvalue weighted by Crippen LogP contribution is 2.58. The lowest BCUT2D eigenvalue weighted by Gasteiger charge is -2.32. The molecule has 8 rings (SSSR count). The molecule has 4 aliphatic heterocycles. The van der Waals surface area contributed by atoms with E-state index in [2.05, 4.69) is 72.8 Å². The first-order valence-electron chi connectivity index (χ1n) is 11.0. The van der Waals surface area contributed by atoms with E-state index in [0.717, 1.165) is 33.5 Å². The Morgan fingerprint density at radius 3 is 1.50 bits per heavy atom. The molecule has 0 radical (unpaired) electrons. The summed E-state index contributed by atoms with van der Waals surface area (Å²) in [6, 6.07) is 24.9. The summed E-state index contributed by atoms with van der Waals surface area (Å²) in [6.45, 7) is 0. The molecular formula is C28H18N2O2. The molecule has 0 saturated carbocycles. The summed E-state index contributed by atoms with van der Waals surface area (Å²) >= 11 is 0. The average molecular weight is 414 g/mol. The molecular weight excluding hydrogens is 396 g/mol. The molecule has 1 aromatic heterocycles. The Hall–Kier alpha value is -3.60. The van der Waals surface area contributed by atoms with Gasteiger partial charge in [-0.15, -0.1) is 0 Å². The summed E-state index contributed by atoms with van der Waals surface area (Å²) in [5.41, 5.74) is 6.45. The Labute approximate surface area is 184 Å². The Bertz CT molecular complexity index is 1410. The molecule has 4 aliphatic rings. The van der Waals surface area contributed by atoms with Crippen molar-refractivity contribution in [2.45, 2.75) is 23.4 Å². The molecule has 32 heavy (non-hydrogen) atoms. The van der Waals surface area contributed by atoms with Gasteiger partial charge in [0.1, 0.15) is 23.6 Å². The normalized spacial score (nSPS) is 30.2. The van der Waals surface area contributed by atoms with E-state index in [-0.39, 0.29) is 12.2 Å². The molecule has 0 N–H and O–H groups in total. The number of benzene rings is 3. The first kappa shape index (κ1) is 17.0. The van der Waals surface area contributed by atoms with E-state index < -0.39 is 11.2 Å². The Kier molecular flexibility index (Phi) is 2.98. The zero-order chi connectivity index (χ0) is 20.9. The van der Waals surface area contributed by atoms with Crippen LogP contribution in [0.1, 0.15) is 45.8 Å². The van der Waals surface area contributed by atoms with Gasteiger partial charge >= 0.3 is 0 Å². The van der Waals surface area contributed by atoms with Crippen molar-refractivity contribution in [2.24, 2.45) is 0 Å². The predicted molar refractivity (Wildman–Crippen MR) is 120 cm³/mol. The number of hydrogen-bond donors (Lipinski definition) is 0. The van der Waals surface area contributed by atoms with E-state index in [4.69, 9.17) is 19.4 Å². The van der Waals surface area contributed by atoms with Crippen LogP contribution in [0.3, 0.4) is 0 Å². The Morgan fingerprint density at radius 2 is 1.00 bits per heavy atom. The van der Waals surface area contributed by atoms with Gasteiger partial charge in [-0.25, -0.2) is 9.97 Å². The van der Waals surface area contributed by atoms with Crippen molar-refractivity contribution in [3.63, 3.8) is 0 Å². The summed E-state index contributed by atoms with van der Waals surface area (Å²) < 4.78 is 13.3. The molecule has 5 heterocycles. The number of rotatable bonds is 2. The molecule has 4 heteroatoms. The second-order valence-corrected chi connectivity index (χ2v) is 8.85. The largest absolute Gasteiger partial charge is 0.348 e. The standard InChI is InChI=1S/C28H18N2O2/c1-3-9-19-17(7-1)23-13-15-27(19,31-23)25-26(30-22-12-6-5-11-21(22)29-25)28-16-14-24(32-28)18-8-2-4-10-20(18)28/h1-16,23-24H/t23-,24+,27-,28+. The molecule has 0 amide bonds. The van der Waals surface area contributed by atoms with Crippen LogP contribution in [0.2, 0.25) is 0 Å². The minimum atomic E-state index is -0.769. The molecule has 0 fully saturated rings. The number of nitrogens with zero attached hydrogens (tertiary/aromatic N) is 2. The summed E-state index contributed by atoms with van der Waals surface area (Å²) in [7, 11) is 0. The monoisotopic (exact) mass is 414 g/mol. The maximum atomic E-state index is 6.66. The van der Waals surface area contributed by atoms with Crippen molar-refractivity contribution >= 4 is 11.0 Å². The number of ether oxygens (including phenoxy) is 2. The van der Waals surface area contributed by atoms with E-state index in [1.165, 1.54) is 11.1 Å². The fourth-order valence-corrected chi connectivity index (χ4v) is 5.85. The number of hydrogen-bond acceptors (Lipinski definition) is 4. The van der Waals surface area contributed by atoms with Gasteiger partial charge in [0.15, 0.2) is 11.2 Å². The smallest absolute Gasteiger partial charge is 0.157 e. The fraction of sp³-hybridized carbons (Fsp3) is 0.143. The minimum Gasteiger partial charge on any atom is -0.348 e. The van der Waals surface area contributed by atoms with Gasteiger partial charge in [0.2, 0.25) is 0 Å². The summed E-state index contributed by atoms with van der Waals surface area (Å²) in [5, 5.41) is 0. The highest BCUT2D eigenvalue weighted by atomic mass is 16.5. The summed E-state index contributed by atoms with van der Waals surface area (Å²) in [6.07, 6.45) is 8.45. The van der Waals surface area contributed by atoms with E-state index in [1.54, 1.807) is 0 Å². The Morgan fingerprint density at radius 1 is 0.562 bits per heavy atom. The van der Waals surface area contributed by atoms with Crippen LogP contribution in [-0.4, -0.2) is 9.97 Å². The lowest BCUT2D eigenvalue weighted by Crippen LogP contribution is -2.34. The van der Waals surface area contributed by atoms with E-state index in [1.807, 2.05) is 24.3 Å². The molecule has 152 valence electrons. The number of aromatic nitrogens is 2. The summed E-state index contributed by atoms with van der Waals surface area (Å²) in [4.78, 5) is 10.4. The van der Waals surface area contributed by atoms with Crippen LogP contribution in [0.4, 0.5) is 0 Å². The predicted octanol–water partition coefficient (Wildman–Crippen LogP) is 5.40. The second-order valence-electron chi connectivity index (χ2n) is 8.85. The number of para-hydroxylation sites is 2. The van der Waals surface area contributed by atoms with Gasteiger partial charge in [0, 0.05) is 11.1 Å². The van der Waals surface area contributed by atoms with Crippen LogP contribution < -0.4 is 0 Å². The number of fused-ring (bicyclic) bond motifs is 11. The average Bonchev–Trinajstić information content (AvgIpc) is 3.63. The third kappa shape index (κ3) is 1.87. The van der Waals surface area contributed by atoms with E-state index in [0.29, 0.717) is 0 Å². The van der Waals surface area contributed by atoms with Crippen LogP contribution in [-0.2, 0) is 20.7 Å². The maximum Gasteiger partial charge on any atom is 0.157 e. The van der Waals surface area contributed by atoms with Gasteiger partial charge in [0.05, 0.1) is 11.0 Å². The first-order valence-corrected chi connectivity index (χ1v) is 11.0. The lowest BCUT2D eigenvalue weighted by molar-refractivity contribution is 0.00586. The highest BCUT2D eigenvalue weighted by molar-refractivity contribution is 5.76. The van der Waals surface area contributed by atoms with Crippen LogP contribution in [0.5, 0.6) is 0 Å². The molecule has 0 unspecified atom stereocenters. The molecule has 0 saturated heterocycles. The summed E-state index contributed by atoms with van der Waals surface area (Å²) in [5.74, 6) is 0. The van der Waals surface area contributed by atoms with Crippen molar-refractivity contribution in [1.29, 1.82) is 0 Å². The van der Waals surface area contributed by atoms with Gasteiger partial charge in [-0.2, -0.15) is 0 Å². The van der Waals surface area contributed by atoms with Gasteiger partial charge in [-0.3, -0.25) is 0 Å². The van der Waals surface area contributed by atoms with Gasteiger partial charge < -0.3 is 9.47 Å². The first-order chi connectivity index (χ1) is 15.8. The zero-order valence-electron chi connectivity index (χ0n) is 17.1. The third-order valence-corrected chi connectivity index (χ3v) is 7.25. The molecule has 4 nitrogen and oxygen atoms in total. The Balaban J connectivity index is 1.48. The van der Waals surface area contributed by atoms with Gasteiger partial charge in [-0.1, -0.05) is 72.8 Å². The van der Waals surface area contributed by atoms with Crippen LogP contribution in [0.25, 0.3) is 11.0 Å². The van der Waals surface area contributed by atoms with Crippen LogP contribution in [0, 0.1) is 0 Å². The maximum absolute atomic E-state index is 6.66.